The molecule has 24 heavy (non-hydrogen) atoms. The van der Waals surface area contributed by atoms with Crippen LogP contribution in [-0.2, 0) is 24.2 Å². The fourth-order valence-corrected chi connectivity index (χ4v) is 2.61. The Morgan fingerprint density at radius 1 is 1.00 bits per heavy atom. The molecule has 0 unspecified atom stereocenters. The number of ketones is 1. The maximum atomic E-state index is 12.2. The number of ether oxygens (including phenoxy) is 1. The van der Waals surface area contributed by atoms with E-state index in [9.17, 15) is 4.79 Å². The Morgan fingerprint density at radius 2 is 1.75 bits per heavy atom. The molecule has 2 aromatic carbocycles. The summed E-state index contributed by atoms with van der Waals surface area (Å²) >= 11 is 0. The van der Waals surface area contributed by atoms with Crippen LogP contribution in [0.2, 0.25) is 0 Å². The summed E-state index contributed by atoms with van der Waals surface area (Å²) in [7, 11) is 1.63. The summed E-state index contributed by atoms with van der Waals surface area (Å²) < 4.78 is 7.13. The Balaban J connectivity index is 1.56. The van der Waals surface area contributed by atoms with Crippen molar-refractivity contribution in [3.63, 3.8) is 0 Å². The summed E-state index contributed by atoms with van der Waals surface area (Å²) in [5, 5.41) is 0. The Bertz CT molecular complexity index is 792. The molecule has 4 nitrogen and oxygen atoms in total. The number of hydrogen-bond donors (Lipinski definition) is 0. The van der Waals surface area contributed by atoms with Crippen LogP contribution < -0.4 is 4.74 Å². The van der Waals surface area contributed by atoms with Crippen LogP contribution >= 0.6 is 0 Å². The highest BCUT2D eigenvalue weighted by Crippen LogP contribution is 2.12. The Morgan fingerprint density at radius 3 is 2.46 bits per heavy atom. The van der Waals surface area contributed by atoms with Gasteiger partial charge in [0.1, 0.15) is 11.5 Å². The van der Waals surface area contributed by atoms with E-state index in [-0.39, 0.29) is 5.78 Å². The molecule has 0 spiro atoms. The number of rotatable bonds is 7. The standard InChI is InChI=1S/C20H20N2O2/c1-24-20-9-7-16(8-10-20)11-19(23)12-18-14-22(15-21-18)13-17-5-3-2-4-6-17/h2-10,14-15H,11-13H2,1H3. The van der Waals surface area contributed by atoms with Crippen LogP contribution in [-0.4, -0.2) is 22.4 Å². The number of carbonyl (C=O) groups is 1. The molecule has 1 heterocycles. The minimum Gasteiger partial charge on any atom is -0.497 e. The van der Waals surface area contributed by atoms with E-state index in [2.05, 4.69) is 17.1 Å². The van der Waals surface area contributed by atoms with Gasteiger partial charge < -0.3 is 9.30 Å². The maximum absolute atomic E-state index is 12.2. The van der Waals surface area contributed by atoms with Gasteiger partial charge in [-0.3, -0.25) is 4.79 Å². The van der Waals surface area contributed by atoms with Gasteiger partial charge in [0.15, 0.2) is 0 Å². The zero-order valence-corrected chi connectivity index (χ0v) is 13.7. The minimum atomic E-state index is 0.158. The number of nitrogens with zero attached hydrogens (tertiary/aromatic N) is 2. The van der Waals surface area contributed by atoms with Crippen molar-refractivity contribution in [2.24, 2.45) is 0 Å². The van der Waals surface area contributed by atoms with Crippen molar-refractivity contribution >= 4 is 5.78 Å². The van der Waals surface area contributed by atoms with Crippen LogP contribution in [0.5, 0.6) is 5.75 Å². The van der Waals surface area contributed by atoms with E-state index in [1.54, 1.807) is 13.4 Å². The average Bonchev–Trinajstić information content (AvgIpc) is 3.03. The number of Topliss-reactive ketones (excluding diaryl/α,β-unsaturated/α-hetero) is 1. The monoisotopic (exact) mass is 320 g/mol. The third kappa shape index (κ3) is 4.32. The van der Waals surface area contributed by atoms with Gasteiger partial charge in [0.25, 0.3) is 0 Å². The number of hydrogen-bond acceptors (Lipinski definition) is 3. The number of aromatic nitrogens is 2. The molecule has 122 valence electrons. The van der Waals surface area contributed by atoms with Crippen LogP contribution in [0.3, 0.4) is 0 Å². The van der Waals surface area contributed by atoms with Crippen LogP contribution in [0.15, 0.2) is 67.1 Å². The molecule has 1 aromatic heterocycles. The van der Waals surface area contributed by atoms with Gasteiger partial charge in [0.2, 0.25) is 0 Å². The van der Waals surface area contributed by atoms with Crippen molar-refractivity contribution in [2.75, 3.05) is 7.11 Å². The highest BCUT2D eigenvalue weighted by Gasteiger charge is 2.08. The molecule has 0 aliphatic rings. The predicted molar refractivity (Wildman–Crippen MR) is 93.2 cm³/mol. The fraction of sp³-hybridized carbons (Fsp3) is 0.200. The topological polar surface area (TPSA) is 44.1 Å². The van der Waals surface area contributed by atoms with Crippen LogP contribution in [0.4, 0.5) is 0 Å². The van der Waals surface area contributed by atoms with Gasteiger partial charge in [-0.2, -0.15) is 0 Å². The van der Waals surface area contributed by atoms with Gasteiger partial charge >= 0.3 is 0 Å². The number of imidazole rings is 1. The SMILES string of the molecule is COc1ccc(CC(=O)Cc2cn(Cc3ccccc3)cn2)cc1. The van der Waals surface area contributed by atoms with Gasteiger partial charge in [-0.15, -0.1) is 0 Å². The van der Waals surface area contributed by atoms with Crippen LogP contribution in [0.25, 0.3) is 0 Å². The third-order valence-electron chi connectivity index (χ3n) is 3.83. The van der Waals surface area contributed by atoms with Crippen LogP contribution in [0.1, 0.15) is 16.8 Å². The van der Waals surface area contributed by atoms with E-state index in [1.807, 2.05) is 53.2 Å². The molecule has 0 aliphatic heterocycles. The third-order valence-corrected chi connectivity index (χ3v) is 3.83. The number of methoxy groups -OCH3 is 1. The second-order valence-electron chi connectivity index (χ2n) is 5.76. The summed E-state index contributed by atoms with van der Waals surface area (Å²) in [5.74, 6) is 0.955. The van der Waals surface area contributed by atoms with Gasteiger partial charge in [-0.25, -0.2) is 4.98 Å². The largest absolute Gasteiger partial charge is 0.497 e. The first kappa shape index (κ1) is 16.0. The molecular formula is C20H20N2O2. The summed E-state index contributed by atoms with van der Waals surface area (Å²) in [4.78, 5) is 16.6. The molecule has 0 aliphatic carbocycles. The Kier molecular flexibility index (Phi) is 5.06. The second kappa shape index (κ2) is 7.59. The fourth-order valence-electron chi connectivity index (χ4n) is 2.61. The number of carbonyl (C=O) groups excluding carboxylic acids is 1. The Labute approximate surface area is 141 Å². The molecule has 0 amide bonds. The van der Waals surface area contributed by atoms with E-state index >= 15 is 0 Å². The second-order valence-corrected chi connectivity index (χ2v) is 5.76. The van der Waals surface area contributed by atoms with Gasteiger partial charge in [0.05, 0.1) is 25.6 Å². The molecule has 0 bridgehead atoms. The first-order valence-electron chi connectivity index (χ1n) is 7.92. The number of benzene rings is 2. The molecular weight excluding hydrogens is 300 g/mol. The smallest absolute Gasteiger partial charge is 0.143 e. The highest BCUT2D eigenvalue weighted by molar-refractivity contribution is 5.82. The summed E-state index contributed by atoms with van der Waals surface area (Å²) in [6.45, 7) is 0.764. The lowest BCUT2D eigenvalue weighted by Crippen LogP contribution is -2.07. The van der Waals surface area contributed by atoms with Gasteiger partial charge in [0, 0.05) is 19.2 Å². The minimum absolute atomic E-state index is 0.158. The highest BCUT2D eigenvalue weighted by atomic mass is 16.5. The van der Waals surface area contributed by atoms with E-state index in [0.717, 1.165) is 23.6 Å². The van der Waals surface area contributed by atoms with E-state index in [1.165, 1.54) is 5.56 Å². The first-order valence-corrected chi connectivity index (χ1v) is 7.92. The van der Waals surface area contributed by atoms with Gasteiger partial charge in [-0.1, -0.05) is 42.5 Å². The van der Waals surface area contributed by atoms with Crippen molar-refractivity contribution < 1.29 is 9.53 Å². The molecule has 0 atom stereocenters. The van der Waals surface area contributed by atoms with E-state index in [4.69, 9.17) is 4.74 Å². The van der Waals surface area contributed by atoms with Crippen LogP contribution in [0, 0.1) is 0 Å². The predicted octanol–water partition coefficient (Wildman–Crippen LogP) is 3.29. The zero-order chi connectivity index (χ0) is 16.8. The van der Waals surface area contributed by atoms with Crippen molar-refractivity contribution in [1.82, 2.24) is 9.55 Å². The van der Waals surface area contributed by atoms with Crippen molar-refractivity contribution in [1.29, 1.82) is 0 Å². The summed E-state index contributed by atoms with van der Waals surface area (Å²) in [6, 6.07) is 17.8. The molecule has 0 N–H and O–H groups in total. The zero-order valence-electron chi connectivity index (χ0n) is 13.7. The lowest BCUT2D eigenvalue weighted by Gasteiger charge is -2.03. The molecule has 0 radical (unpaired) electrons. The quantitative estimate of drug-likeness (QED) is 0.671. The molecule has 0 saturated heterocycles. The van der Waals surface area contributed by atoms with E-state index in [0.29, 0.717) is 12.8 Å². The lowest BCUT2D eigenvalue weighted by molar-refractivity contribution is -0.117. The molecule has 4 heteroatoms. The maximum Gasteiger partial charge on any atom is 0.143 e. The summed E-state index contributed by atoms with van der Waals surface area (Å²) in [6.07, 6.45) is 4.49. The van der Waals surface area contributed by atoms with Crippen molar-refractivity contribution in [3.8, 4) is 5.75 Å². The average molecular weight is 320 g/mol. The molecule has 0 saturated carbocycles. The summed E-state index contributed by atoms with van der Waals surface area (Å²) in [5.41, 5.74) is 3.01. The normalized spacial score (nSPS) is 10.5. The first-order chi connectivity index (χ1) is 11.7. The van der Waals surface area contributed by atoms with Crippen molar-refractivity contribution in [2.45, 2.75) is 19.4 Å². The molecule has 3 rings (SSSR count). The molecule has 3 aromatic rings. The van der Waals surface area contributed by atoms with Gasteiger partial charge in [-0.05, 0) is 23.3 Å². The van der Waals surface area contributed by atoms with Crippen molar-refractivity contribution in [3.05, 3.63) is 83.9 Å². The van der Waals surface area contributed by atoms with E-state index < -0.39 is 0 Å². The lowest BCUT2D eigenvalue weighted by atomic mass is 10.1. The molecule has 0 fully saturated rings. The Hall–Kier alpha value is -2.88.